The van der Waals surface area contributed by atoms with Crippen LogP contribution in [-0.2, 0) is 27.8 Å². The van der Waals surface area contributed by atoms with Crippen molar-refractivity contribution in [2.75, 3.05) is 6.26 Å². The fraction of sp³-hybridized carbons (Fsp3) is 0.250. The van der Waals surface area contributed by atoms with Gasteiger partial charge in [-0.3, -0.25) is 0 Å². The minimum absolute atomic E-state index is 0.0369. The molecule has 0 aromatic heterocycles. The smallest absolute Gasteiger partial charge is 0.175 e. The summed E-state index contributed by atoms with van der Waals surface area (Å²) in [6, 6.07) is 13.3. The molecular weight excluding hydrogens is 352 g/mol. The van der Waals surface area contributed by atoms with Crippen LogP contribution in [0.4, 0.5) is 0 Å². The predicted molar refractivity (Wildman–Crippen MR) is 85.3 cm³/mol. The van der Waals surface area contributed by atoms with E-state index in [9.17, 15) is 8.42 Å². The van der Waals surface area contributed by atoms with Crippen molar-refractivity contribution in [3.8, 4) is 0 Å². The molecule has 21 heavy (non-hydrogen) atoms. The number of rotatable bonds is 3. The first-order valence-corrected chi connectivity index (χ1v) is 9.39. The molecule has 1 atom stereocenters. The molecule has 0 aliphatic carbocycles. The van der Waals surface area contributed by atoms with E-state index >= 15 is 0 Å². The number of hydrogen-bond donors (Lipinski definition) is 0. The van der Waals surface area contributed by atoms with Crippen molar-refractivity contribution in [3.05, 3.63) is 64.7 Å². The number of fused-ring (bicyclic) bond motifs is 1. The summed E-state index contributed by atoms with van der Waals surface area (Å²) in [4.78, 5) is 0.305. The van der Waals surface area contributed by atoms with Gasteiger partial charge in [-0.2, -0.15) is 0 Å². The molecule has 2 aromatic carbocycles. The van der Waals surface area contributed by atoms with Gasteiger partial charge >= 0.3 is 0 Å². The Balaban J connectivity index is 1.97. The Hall–Kier alpha value is -1.17. The van der Waals surface area contributed by atoms with E-state index < -0.39 is 9.84 Å². The van der Waals surface area contributed by atoms with Gasteiger partial charge in [0.1, 0.15) is 0 Å². The molecule has 0 saturated carbocycles. The number of hydrogen-bond acceptors (Lipinski definition) is 3. The van der Waals surface area contributed by atoms with E-state index in [1.165, 1.54) is 17.4 Å². The molecule has 1 unspecified atom stereocenters. The molecule has 1 aliphatic rings. The highest BCUT2D eigenvalue weighted by molar-refractivity contribution is 9.09. The van der Waals surface area contributed by atoms with Crippen LogP contribution in [0.25, 0.3) is 0 Å². The molecule has 1 aliphatic heterocycles. The van der Waals surface area contributed by atoms with E-state index in [1.54, 1.807) is 18.2 Å². The van der Waals surface area contributed by atoms with Crippen LogP contribution in [0.2, 0.25) is 0 Å². The summed E-state index contributed by atoms with van der Waals surface area (Å²) in [6.45, 7) is 1.32. The van der Waals surface area contributed by atoms with Crippen molar-refractivity contribution >= 4 is 25.8 Å². The van der Waals surface area contributed by atoms with Gasteiger partial charge in [-0.1, -0.05) is 46.3 Å². The third-order valence-corrected chi connectivity index (χ3v) is 5.78. The summed E-state index contributed by atoms with van der Waals surface area (Å²) in [5, 5.41) is 0. The van der Waals surface area contributed by atoms with Crippen LogP contribution in [0, 0.1) is 0 Å². The second-order valence-corrected chi connectivity index (χ2v) is 8.16. The van der Waals surface area contributed by atoms with Gasteiger partial charge in [-0.05, 0) is 34.4 Å². The molecule has 0 spiro atoms. The molecule has 0 bridgehead atoms. The Labute approximate surface area is 133 Å². The summed E-state index contributed by atoms with van der Waals surface area (Å²) >= 11 is 3.67. The predicted octanol–water partition coefficient (Wildman–Crippen LogP) is 3.60. The lowest BCUT2D eigenvalue weighted by Gasteiger charge is -2.13. The zero-order valence-corrected chi connectivity index (χ0v) is 13.9. The minimum atomic E-state index is -3.19. The van der Waals surface area contributed by atoms with Crippen molar-refractivity contribution in [3.63, 3.8) is 0 Å². The first-order valence-electron chi connectivity index (χ1n) is 6.59. The van der Waals surface area contributed by atoms with Crippen LogP contribution < -0.4 is 0 Å². The van der Waals surface area contributed by atoms with Gasteiger partial charge in [0.15, 0.2) is 9.84 Å². The maximum atomic E-state index is 11.7. The topological polar surface area (TPSA) is 43.4 Å². The van der Waals surface area contributed by atoms with E-state index in [2.05, 4.69) is 34.1 Å². The molecule has 1 heterocycles. The van der Waals surface area contributed by atoms with Gasteiger partial charge in [0.2, 0.25) is 0 Å². The minimum Gasteiger partial charge on any atom is -0.372 e. The number of halogens is 1. The Kier molecular flexibility index (Phi) is 3.90. The van der Waals surface area contributed by atoms with Crippen LogP contribution >= 0.6 is 15.9 Å². The van der Waals surface area contributed by atoms with E-state index in [0.29, 0.717) is 18.1 Å². The van der Waals surface area contributed by atoms with Gasteiger partial charge in [-0.15, -0.1) is 0 Å². The van der Waals surface area contributed by atoms with E-state index in [0.717, 1.165) is 11.1 Å². The molecule has 0 N–H and O–H groups in total. The van der Waals surface area contributed by atoms with Crippen molar-refractivity contribution in [2.45, 2.75) is 22.9 Å². The molecule has 0 saturated heterocycles. The lowest BCUT2D eigenvalue weighted by atomic mass is 10.0. The Morgan fingerprint density at radius 1 is 1.05 bits per heavy atom. The maximum absolute atomic E-state index is 11.7. The van der Waals surface area contributed by atoms with Gasteiger partial charge in [0.25, 0.3) is 0 Å². The Morgan fingerprint density at radius 2 is 1.76 bits per heavy atom. The van der Waals surface area contributed by atoms with Crippen LogP contribution in [0.1, 0.15) is 27.1 Å². The normalized spacial score (nSPS) is 15.7. The lowest BCUT2D eigenvalue weighted by Crippen LogP contribution is -2.00. The molecule has 3 nitrogen and oxygen atoms in total. The lowest BCUT2D eigenvalue weighted by molar-refractivity contribution is 0.134. The van der Waals surface area contributed by atoms with Gasteiger partial charge in [0.05, 0.1) is 22.9 Å². The number of benzene rings is 2. The molecule has 5 heteroatoms. The third-order valence-electron chi connectivity index (χ3n) is 3.62. The van der Waals surface area contributed by atoms with E-state index in [-0.39, 0.29) is 4.83 Å². The highest BCUT2D eigenvalue weighted by Gasteiger charge is 2.17. The zero-order chi connectivity index (χ0) is 15.0. The molecule has 0 radical (unpaired) electrons. The molecule has 0 amide bonds. The monoisotopic (exact) mass is 366 g/mol. The molecule has 2 aromatic rings. The second kappa shape index (κ2) is 5.55. The average molecular weight is 367 g/mol. The van der Waals surface area contributed by atoms with Crippen LogP contribution in [0.5, 0.6) is 0 Å². The summed E-state index contributed by atoms with van der Waals surface area (Å²) in [6.07, 6.45) is 1.22. The van der Waals surface area contributed by atoms with Gasteiger partial charge < -0.3 is 4.74 Å². The SMILES string of the molecule is CS(=O)(=O)c1cccc(C(Br)c2ccc3c(c2)COC3)c1. The highest BCUT2D eigenvalue weighted by atomic mass is 79.9. The second-order valence-electron chi connectivity index (χ2n) is 5.23. The quantitative estimate of drug-likeness (QED) is 0.779. The molecule has 3 rings (SSSR count). The van der Waals surface area contributed by atoms with Crippen LogP contribution in [0.3, 0.4) is 0 Å². The Morgan fingerprint density at radius 3 is 2.52 bits per heavy atom. The first kappa shape index (κ1) is 14.8. The van der Waals surface area contributed by atoms with Crippen LogP contribution in [0.15, 0.2) is 47.4 Å². The summed E-state index contributed by atoms with van der Waals surface area (Å²) in [7, 11) is -3.19. The van der Waals surface area contributed by atoms with Gasteiger partial charge in [0, 0.05) is 6.26 Å². The summed E-state index contributed by atoms with van der Waals surface area (Å²) in [5.41, 5.74) is 4.46. The standard InChI is InChI=1S/C16H15BrO3S/c1-21(18,19)15-4-2-3-11(8-15)16(17)12-5-6-13-9-20-10-14(13)7-12/h2-8,16H,9-10H2,1H3. The largest absolute Gasteiger partial charge is 0.372 e. The number of alkyl halides is 1. The van der Waals surface area contributed by atoms with Crippen molar-refractivity contribution in [1.82, 2.24) is 0 Å². The van der Waals surface area contributed by atoms with E-state index in [1.807, 2.05) is 6.07 Å². The molecule has 110 valence electrons. The van der Waals surface area contributed by atoms with Crippen LogP contribution in [-0.4, -0.2) is 14.7 Å². The van der Waals surface area contributed by atoms with Crippen molar-refractivity contribution in [2.24, 2.45) is 0 Å². The fourth-order valence-corrected chi connectivity index (χ4v) is 3.69. The molecular formula is C16H15BrO3S. The maximum Gasteiger partial charge on any atom is 0.175 e. The third kappa shape index (κ3) is 3.05. The summed E-state index contributed by atoms with van der Waals surface area (Å²) in [5.74, 6) is 0. The van der Waals surface area contributed by atoms with Crippen molar-refractivity contribution in [1.29, 1.82) is 0 Å². The highest BCUT2D eigenvalue weighted by Crippen LogP contribution is 2.34. The number of ether oxygens (including phenoxy) is 1. The molecule has 0 fully saturated rings. The van der Waals surface area contributed by atoms with E-state index in [4.69, 9.17) is 4.74 Å². The number of sulfone groups is 1. The van der Waals surface area contributed by atoms with Gasteiger partial charge in [-0.25, -0.2) is 8.42 Å². The average Bonchev–Trinajstić information content (AvgIpc) is 2.93. The first-order chi connectivity index (χ1) is 9.95. The fourth-order valence-electron chi connectivity index (χ4n) is 2.44. The summed E-state index contributed by atoms with van der Waals surface area (Å²) < 4.78 is 28.8. The zero-order valence-electron chi connectivity index (χ0n) is 11.5. The van der Waals surface area contributed by atoms with Crippen molar-refractivity contribution < 1.29 is 13.2 Å². The Bertz CT molecular complexity index is 784.